The third-order valence-electron chi connectivity index (χ3n) is 5.78. The molecule has 0 unspecified atom stereocenters. The normalized spacial score (nSPS) is 20.6. The minimum atomic E-state index is -0.806. The maximum Gasteiger partial charge on any atom is 0.254 e. The minimum Gasteiger partial charge on any atom is -0.381 e. The van der Waals surface area contributed by atoms with E-state index in [2.05, 4.69) is 10.3 Å². The van der Waals surface area contributed by atoms with Gasteiger partial charge >= 0.3 is 0 Å². The largest absolute Gasteiger partial charge is 0.381 e. The van der Waals surface area contributed by atoms with E-state index < -0.39 is 28.9 Å². The smallest absolute Gasteiger partial charge is 0.254 e. The number of likely N-dealkylation sites (tertiary alicyclic amines) is 1. The highest BCUT2D eigenvalue weighted by Gasteiger charge is 2.51. The van der Waals surface area contributed by atoms with Crippen LogP contribution in [-0.4, -0.2) is 48.0 Å². The Kier molecular flexibility index (Phi) is 5.27. The van der Waals surface area contributed by atoms with Gasteiger partial charge in [0, 0.05) is 49.5 Å². The van der Waals surface area contributed by atoms with Crippen LogP contribution in [0, 0.1) is 23.0 Å². The molecule has 2 aromatic rings. The SMILES string of the molecule is O=C(Nc1cccnc1)[C@@H]1CN(C(=O)c2cc(F)cc(F)c2)CC12CCOCC2. The number of pyridine rings is 1. The first-order chi connectivity index (χ1) is 14.0. The molecule has 0 saturated carbocycles. The average molecular weight is 401 g/mol. The molecule has 1 spiro atoms. The van der Waals surface area contributed by atoms with Gasteiger partial charge in [-0.2, -0.15) is 0 Å². The number of hydrogen-bond acceptors (Lipinski definition) is 4. The van der Waals surface area contributed by atoms with Crippen LogP contribution in [-0.2, 0) is 9.53 Å². The quantitative estimate of drug-likeness (QED) is 0.859. The summed E-state index contributed by atoms with van der Waals surface area (Å²) in [6.07, 6.45) is 4.45. The number of amides is 2. The molecule has 0 radical (unpaired) electrons. The minimum absolute atomic E-state index is 0.0574. The summed E-state index contributed by atoms with van der Waals surface area (Å²) in [6.45, 7) is 1.54. The molecule has 1 aromatic heterocycles. The van der Waals surface area contributed by atoms with Crippen molar-refractivity contribution in [2.75, 3.05) is 31.6 Å². The van der Waals surface area contributed by atoms with Gasteiger partial charge in [0.1, 0.15) is 11.6 Å². The second kappa shape index (κ2) is 7.87. The average Bonchev–Trinajstić information content (AvgIpc) is 3.06. The maximum atomic E-state index is 13.6. The number of nitrogens with zero attached hydrogens (tertiary/aromatic N) is 2. The van der Waals surface area contributed by atoms with Crippen molar-refractivity contribution in [1.29, 1.82) is 0 Å². The van der Waals surface area contributed by atoms with Crippen LogP contribution in [0.25, 0.3) is 0 Å². The first-order valence-electron chi connectivity index (χ1n) is 9.51. The Morgan fingerprint density at radius 2 is 1.90 bits per heavy atom. The van der Waals surface area contributed by atoms with Crippen molar-refractivity contribution in [2.24, 2.45) is 11.3 Å². The molecular weight excluding hydrogens is 380 g/mol. The van der Waals surface area contributed by atoms with Crippen LogP contribution in [0.2, 0.25) is 0 Å². The lowest BCUT2D eigenvalue weighted by Gasteiger charge is -2.37. The second-order valence-corrected chi connectivity index (χ2v) is 7.60. The third kappa shape index (κ3) is 3.98. The number of hydrogen-bond donors (Lipinski definition) is 1. The lowest BCUT2D eigenvalue weighted by atomic mass is 9.71. The summed E-state index contributed by atoms with van der Waals surface area (Å²) in [4.78, 5) is 31.5. The zero-order chi connectivity index (χ0) is 20.4. The van der Waals surface area contributed by atoms with Crippen LogP contribution in [0.5, 0.6) is 0 Å². The van der Waals surface area contributed by atoms with Gasteiger partial charge in [-0.05, 0) is 37.1 Å². The van der Waals surface area contributed by atoms with Crippen LogP contribution >= 0.6 is 0 Å². The van der Waals surface area contributed by atoms with E-state index >= 15 is 0 Å². The van der Waals surface area contributed by atoms with E-state index in [0.29, 0.717) is 38.3 Å². The Morgan fingerprint density at radius 3 is 2.55 bits per heavy atom. The number of carbonyl (C=O) groups excluding carboxylic acids is 2. The van der Waals surface area contributed by atoms with E-state index in [0.717, 1.165) is 18.2 Å². The number of aromatic nitrogens is 1. The summed E-state index contributed by atoms with van der Waals surface area (Å²) in [6, 6.07) is 6.23. The number of carbonyl (C=O) groups is 2. The van der Waals surface area contributed by atoms with Gasteiger partial charge in [-0.3, -0.25) is 14.6 Å². The number of nitrogens with one attached hydrogen (secondary N) is 1. The fraction of sp³-hybridized carbons (Fsp3) is 0.381. The summed E-state index contributed by atoms with van der Waals surface area (Å²) in [5.41, 5.74) is 0.0984. The Morgan fingerprint density at radius 1 is 1.17 bits per heavy atom. The van der Waals surface area contributed by atoms with Crippen molar-refractivity contribution in [1.82, 2.24) is 9.88 Å². The molecular formula is C21H21F2N3O3. The summed E-state index contributed by atoms with van der Waals surface area (Å²) in [5, 5.41) is 2.87. The zero-order valence-electron chi connectivity index (χ0n) is 15.7. The van der Waals surface area contributed by atoms with Crippen LogP contribution in [0.1, 0.15) is 23.2 Å². The number of halogens is 2. The van der Waals surface area contributed by atoms with E-state index in [1.807, 2.05) is 0 Å². The molecule has 1 atom stereocenters. The highest BCUT2D eigenvalue weighted by molar-refractivity contribution is 5.97. The summed E-state index contributed by atoms with van der Waals surface area (Å²) >= 11 is 0. The van der Waals surface area contributed by atoms with Crippen LogP contribution in [0.3, 0.4) is 0 Å². The standard InChI is InChI=1S/C21H21F2N3O3/c22-15-8-14(9-16(23)10-15)20(28)26-12-18(21(13-26)3-6-29-7-4-21)19(27)25-17-2-1-5-24-11-17/h1-2,5,8-11,18H,3-4,6-7,12-13H2,(H,25,27)/t18-/m0/s1. The van der Waals surface area contributed by atoms with Gasteiger partial charge in [0.2, 0.25) is 5.91 Å². The van der Waals surface area contributed by atoms with E-state index in [1.165, 1.54) is 4.90 Å². The molecule has 1 N–H and O–H groups in total. The topological polar surface area (TPSA) is 71.5 Å². The van der Waals surface area contributed by atoms with E-state index in [9.17, 15) is 18.4 Å². The fourth-order valence-electron chi connectivity index (χ4n) is 4.30. The van der Waals surface area contributed by atoms with E-state index in [4.69, 9.17) is 4.74 Å². The number of ether oxygens (including phenoxy) is 1. The fourth-order valence-corrected chi connectivity index (χ4v) is 4.30. The van der Waals surface area contributed by atoms with Gasteiger partial charge in [-0.1, -0.05) is 0 Å². The third-order valence-corrected chi connectivity index (χ3v) is 5.78. The van der Waals surface area contributed by atoms with Gasteiger partial charge in [0.05, 0.1) is 17.8 Å². The predicted molar refractivity (Wildman–Crippen MR) is 101 cm³/mol. The van der Waals surface area contributed by atoms with Crippen molar-refractivity contribution in [3.8, 4) is 0 Å². The molecule has 1 aromatic carbocycles. The number of benzene rings is 1. The van der Waals surface area contributed by atoms with Crippen molar-refractivity contribution in [3.63, 3.8) is 0 Å². The lowest BCUT2D eigenvalue weighted by Crippen LogP contribution is -2.42. The molecule has 6 nitrogen and oxygen atoms in total. The van der Waals surface area contributed by atoms with Crippen LogP contribution in [0.4, 0.5) is 14.5 Å². The van der Waals surface area contributed by atoms with Crippen LogP contribution < -0.4 is 5.32 Å². The summed E-state index contributed by atoms with van der Waals surface area (Å²) in [5.74, 6) is -2.74. The first-order valence-corrected chi connectivity index (χ1v) is 9.51. The number of rotatable bonds is 3. The Labute approximate surface area is 166 Å². The molecule has 2 saturated heterocycles. The van der Waals surface area contributed by atoms with Crippen molar-refractivity contribution in [2.45, 2.75) is 12.8 Å². The van der Waals surface area contributed by atoms with E-state index in [-0.39, 0.29) is 18.0 Å². The Balaban J connectivity index is 1.58. The molecule has 4 rings (SSSR count). The molecule has 0 bridgehead atoms. The first kappa shape index (κ1) is 19.4. The number of anilines is 1. The highest BCUT2D eigenvalue weighted by atomic mass is 19.1. The van der Waals surface area contributed by atoms with Crippen molar-refractivity contribution < 1.29 is 23.1 Å². The van der Waals surface area contributed by atoms with Gasteiger partial charge < -0.3 is 15.0 Å². The van der Waals surface area contributed by atoms with Gasteiger partial charge in [-0.25, -0.2) is 8.78 Å². The molecule has 2 amide bonds. The van der Waals surface area contributed by atoms with Gasteiger partial charge in [-0.15, -0.1) is 0 Å². The molecule has 2 aliphatic heterocycles. The van der Waals surface area contributed by atoms with Crippen molar-refractivity contribution >= 4 is 17.5 Å². The molecule has 3 heterocycles. The van der Waals surface area contributed by atoms with Gasteiger partial charge in [0.15, 0.2) is 0 Å². The second-order valence-electron chi connectivity index (χ2n) is 7.60. The predicted octanol–water partition coefficient (Wildman–Crippen LogP) is 2.87. The highest BCUT2D eigenvalue weighted by Crippen LogP contribution is 2.45. The zero-order valence-corrected chi connectivity index (χ0v) is 15.7. The molecule has 0 aliphatic carbocycles. The molecule has 29 heavy (non-hydrogen) atoms. The van der Waals surface area contributed by atoms with Gasteiger partial charge in [0.25, 0.3) is 5.91 Å². The molecule has 152 valence electrons. The van der Waals surface area contributed by atoms with Crippen molar-refractivity contribution in [3.05, 3.63) is 59.9 Å². The summed E-state index contributed by atoms with van der Waals surface area (Å²) in [7, 11) is 0. The van der Waals surface area contributed by atoms with Crippen LogP contribution in [0.15, 0.2) is 42.7 Å². The van der Waals surface area contributed by atoms with E-state index in [1.54, 1.807) is 24.5 Å². The lowest BCUT2D eigenvalue weighted by molar-refractivity contribution is -0.124. The molecule has 8 heteroatoms. The molecule has 2 aliphatic rings. The Hall–Kier alpha value is -2.87. The Bertz CT molecular complexity index is 896. The summed E-state index contributed by atoms with van der Waals surface area (Å²) < 4.78 is 32.6. The molecule has 2 fully saturated rings. The maximum absolute atomic E-state index is 13.6. The monoisotopic (exact) mass is 401 g/mol.